The number of fused-ring (bicyclic) bond motifs is 1. The number of hydrogen-bond donors (Lipinski definition) is 3. The number of nitrogens with zero attached hydrogens (tertiary/aromatic N) is 3. The van der Waals surface area contributed by atoms with Gasteiger partial charge in [0.1, 0.15) is 5.82 Å². The molecule has 1 fully saturated rings. The van der Waals surface area contributed by atoms with E-state index in [1.807, 2.05) is 31.2 Å². The number of amides is 1. The number of carbonyl (C=O) groups excluding carboxylic acids is 1. The summed E-state index contributed by atoms with van der Waals surface area (Å²) in [6.45, 7) is 2.98. The summed E-state index contributed by atoms with van der Waals surface area (Å²) < 4.78 is 6.68. The van der Waals surface area contributed by atoms with E-state index in [2.05, 4.69) is 20.5 Å². The number of nitrogens with two attached hydrogens (primary N) is 1. The van der Waals surface area contributed by atoms with Gasteiger partial charge in [0.2, 0.25) is 0 Å². The smallest absolute Gasteiger partial charge is 0.261 e. The lowest BCUT2D eigenvalue weighted by Crippen LogP contribution is -2.48. The lowest BCUT2D eigenvalue weighted by atomic mass is 10.0. The fourth-order valence-electron chi connectivity index (χ4n) is 3.79. The van der Waals surface area contributed by atoms with Crippen LogP contribution in [0.5, 0.6) is 0 Å². The molecule has 3 heterocycles. The zero-order chi connectivity index (χ0) is 22.2. The summed E-state index contributed by atoms with van der Waals surface area (Å²) in [7, 11) is 0. The van der Waals surface area contributed by atoms with Crippen molar-refractivity contribution in [3.63, 3.8) is 0 Å². The highest BCUT2D eigenvalue weighted by Gasteiger charge is 2.21. The van der Waals surface area contributed by atoms with Crippen molar-refractivity contribution in [1.29, 1.82) is 0 Å². The normalized spacial score (nSPS) is 14.8. The van der Waals surface area contributed by atoms with Gasteiger partial charge in [-0.25, -0.2) is 4.98 Å². The minimum atomic E-state index is -0.302. The fraction of sp³-hybridized carbons (Fsp3) is 0.217. The summed E-state index contributed by atoms with van der Waals surface area (Å²) in [6.07, 6.45) is 3.18. The van der Waals surface area contributed by atoms with Gasteiger partial charge >= 0.3 is 0 Å². The van der Waals surface area contributed by atoms with E-state index in [1.165, 1.54) is 6.33 Å². The summed E-state index contributed by atoms with van der Waals surface area (Å²) in [5.41, 5.74) is 9.30. The molecule has 1 atom stereocenters. The molecule has 0 radical (unpaired) electrons. The molecular weight excluding hydrogens is 408 g/mol. The maximum absolute atomic E-state index is 13.2. The van der Waals surface area contributed by atoms with Crippen molar-refractivity contribution in [2.75, 3.05) is 18.9 Å². The highest BCUT2D eigenvalue weighted by atomic mass is 16.5. The van der Waals surface area contributed by atoms with Gasteiger partial charge in [-0.2, -0.15) is 5.10 Å². The van der Waals surface area contributed by atoms with Gasteiger partial charge in [-0.3, -0.25) is 19.3 Å². The molecule has 1 amide bonds. The third kappa shape index (κ3) is 3.52. The SMILES string of the molecule is C[C@H](c1cccc(C(=O)NC2COC2)c1)n1cnc2cc(-c3cn[nH]c3N)ccc2c1=O. The van der Waals surface area contributed by atoms with Crippen LogP contribution in [0, 0.1) is 0 Å². The van der Waals surface area contributed by atoms with Gasteiger partial charge in [-0.1, -0.05) is 18.2 Å². The molecule has 4 aromatic rings. The summed E-state index contributed by atoms with van der Waals surface area (Å²) in [5.74, 6) is 0.308. The minimum absolute atomic E-state index is 0.0539. The van der Waals surface area contributed by atoms with E-state index >= 15 is 0 Å². The topological polar surface area (TPSA) is 128 Å². The number of nitrogen functional groups attached to an aromatic ring is 1. The first-order chi connectivity index (χ1) is 15.5. The first kappa shape index (κ1) is 20.0. The molecule has 1 aliphatic rings. The number of anilines is 1. The zero-order valence-electron chi connectivity index (χ0n) is 17.4. The van der Waals surface area contributed by atoms with E-state index in [1.54, 1.807) is 29.0 Å². The largest absolute Gasteiger partial charge is 0.384 e. The molecule has 2 aromatic carbocycles. The average Bonchev–Trinajstić information content (AvgIpc) is 3.21. The molecule has 9 heteroatoms. The van der Waals surface area contributed by atoms with E-state index in [-0.39, 0.29) is 23.6 Å². The van der Waals surface area contributed by atoms with E-state index in [0.29, 0.717) is 35.5 Å². The minimum Gasteiger partial charge on any atom is -0.384 e. The van der Waals surface area contributed by atoms with Crippen LogP contribution in [0.4, 0.5) is 5.82 Å². The molecule has 0 unspecified atom stereocenters. The molecule has 0 saturated carbocycles. The number of aromatic nitrogens is 4. The summed E-state index contributed by atoms with van der Waals surface area (Å²) in [6, 6.07) is 12.4. The molecule has 0 bridgehead atoms. The standard InChI is InChI=1S/C23H22N6O3/c1-13(14-3-2-4-16(7-14)22(30)27-17-10-32-11-17)29-12-25-20-8-15(5-6-18(20)23(29)31)19-9-26-28-21(19)24/h2-9,12-13,17H,10-11H2,1H3,(H,27,30)(H3,24,26,28)/t13-/m1/s1. The first-order valence-corrected chi connectivity index (χ1v) is 10.3. The summed E-state index contributed by atoms with van der Waals surface area (Å²) in [5, 5.41) is 10.1. The van der Waals surface area contributed by atoms with Crippen LogP contribution in [-0.4, -0.2) is 44.9 Å². The number of rotatable bonds is 5. The highest BCUT2D eigenvalue weighted by Crippen LogP contribution is 2.26. The van der Waals surface area contributed by atoms with Gasteiger partial charge < -0.3 is 15.8 Å². The van der Waals surface area contributed by atoms with Gasteiger partial charge in [0.15, 0.2) is 0 Å². The Morgan fingerprint density at radius 1 is 1.28 bits per heavy atom. The number of carbonyl (C=O) groups is 1. The monoisotopic (exact) mass is 430 g/mol. The molecule has 5 rings (SSSR count). The second-order valence-electron chi connectivity index (χ2n) is 7.90. The molecule has 162 valence electrons. The summed E-state index contributed by atoms with van der Waals surface area (Å²) >= 11 is 0. The van der Waals surface area contributed by atoms with Crippen LogP contribution in [0.2, 0.25) is 0 Å². The fourth-order valence-corrected chi connectivity index (χ4v) is 3.79. The van der Waals surface area contributed by atoms with Gasteiger partial charge in [-0.05, 0) is 42.3 Å². The third-order valence-corrected chi connectivity index (χ3v) is 5.79. The van der Waals surface area contributed by atoms with Crippen molar-refractivity contribution in [2.24, 2.45) is 0 Å². The Labute approximate surface area is 183 Å². The van der Waals surface area contributed by atoms with Crippen LogP contribution in [0.1, 0.15) is 28.9 Å². The molecule has 32 heavy (non-hydrogen) atoms. The van der Waals surface area contributed by atoms with Crippen molar-refractivity contribution in [3.8, 4) is 11.1 Å². The third-order valence-electron chi connectivity index (χ3n) is 5.79. The van der Waals surface area contributed by atoms with Crippen molar-refractivity contribution in [1.82, 2.24) is 25.1 Å². The second kappa shape index (κ2) is 7.93. The number of nitrogens with one attached hydrogen (secondary N) is 2. The van der Waals surface area contributed by atoms with Gasteiger partial charge in [0.25, 0.3) is 11.5 Å². The Kier molecular flexibility index (Phi) is 4.95. The molecule has 4 N–H and O–H groups in total. The lowest BCUT2D eigenvalue weighted by molar-refractivity contribution is -0.00346. The van der Waals surface area contributed by atoms with Crippen LogP contribution in [-0.2, 0) is 4.74 Å². The maximum Gasteiger partial charge on any atom is 0.261 e. The lowest BCUT2D eigenvalue weighted by Gasteiger charge is -2.27. The van der Waals surface area contributed by atoms with Crippen LogP contribution in [0.3, 0.4) is 0 Å². The van der Waals surface area contributed by atoms with Crippen molar-refractivity contribution < 1.29 is 9.53 Å². The van der Waals surface area contributed by atoms with E-state index < -0.39 is 0 Å². The average molecular weight is 430 g/mol. The number of benzene rings is 2. The van der Waals surface area contributed by atoms with Gasteiger partial charge in [0.05, 0.1) is 48.7 Å². The number of hydrogen-bond acceptors (Lipinski definition) is 6. The second-order valence-corrected chi connectivity index (χ2v) is 7.90. The molecule has 2 aromatic heterocycles. The van der Waals surface area contributed by atoms with Crippen LogP contribution < -0.4 is 16.6 Å². The highest BCUT2D eigenvalue weighted by molar-refractivity contribution is 5.94. The van der Waals surface area contributed by atoms with Gasteiger partial charge in [0, 0.05) is 11.1 Å². The Hall–Kier alpha value is -3.98. The predicted octanol–water partition coefficient (Wildman–Crippen LogP) is 2.11. The molecule has 1 aliphatic heterocycles. The number of H-pyrrole nitrogens is 1. The van der Waals surface area contributed by atoms with Crippen LogP contribution in [0.25, 0.3) is 22.0 Å². The van der Waals surface area contributed by atoms with E-state index in [0.717, 1.165) is 16.7 Å². The zero-order valence-corrected chi connectivity index (χ0v) is 17.4. The molecule has 0 spiro atoms. The molecule has 0 aliphatic carbocycles. The predicted molar refractivity (Wildman–Crippen MR) is 120 cm³/mol. The van der Waals surface area contributed by atoms with Crippen molar-refractivity contribution in [2.45, 2.75) is 19.0 Å². The Bertz CT molecular complexity index is 1370. The van der Waals surface area contributed by atoms with Crippen molar-refractivity contribution in [3.05, 3.63) is 76.5 Å². The Morgan fingerprint density at radius 3 is 2.84 bits per heavy atom. The molecule has 9 nitrogen and oxygen atoms in total. The van der Waals surface area contributed by atoms with Crippen LogP contribution in [0.15, 0.2) is 59.8 Å². The number of aromatic amines is 1. The van der Waals surface area contributed by atoms with E-state index in [9.17, 15) is 9.59 Å². The quantitative estimate of drug-likeness (QED) is 0.445. The maximum atomic E-state index is 13.2. The van der Waals surface area contributed by atoms with E-state index in [4.69, 9.17) is 10.5 Å². The molecular formula is C23H22N6O3. The Morgan fingerprint density at radius 2 is 2.12 bits per heavy atom. The van der Waals surface area contributed by atoms with Gasteiger partial charge in [-0.15, -0.1) is 0 Å². The Balaban J connectivity index is 1.46. The van der Waals surface area contributed by atoms with Crippen molar-refractivity contribution >= 4 is 22.6 Å². The molecule has 1 saturated heterocycles. The number of ether oxygens (including phenoxy) is 1. The first-order valence-electron chi connectivity index (χ1n) is 10.3. The summed E-state index contributed by atoms with van der Waals surface area (Å²) in [4.78, 5) is 30.2. The van der Waals surface area contributed by atoms with Crippen LogP contribution >= 0.6 is 0 Å².